The number of nitrogens with zero attached hydrogens (tertiary/aromatic N) is 4. The fourth-order valence-electron chi connectivity index (χ4n) is 1.35. The lowest BCUT2D eigenvalue weighted by Crippen LogP contribution is -2.20. The van der Waals surface area contributed by atoms with Crippen molar-refractivity contribution in [3.05, 3.63) is 0 Å². The molecule has 0 fully saturated rings. The summed E-state index contributed by atoms with van der Waals surface area (Å²) in [5.41, 5.74) is -0.288. The molecule has 0 saturated heterocycles. The van der Waals surface area contributed by atoms with E-state index in [4.69, 9.17) is 0 Å². The standard InChI is InChI=1S/C7H14N4/c1-3-5-7(6-4-2)8-10-11-9-7/h3-6H2,1-2H3. The van der Waals surface area contributed by atoms with Crippen LogP contribution in [0.1, 0.15) is 39.5 Å². The summed E-state index contributed by atoms with van der Waals surface area (Å²) < 4.78 is 0. The molecule has 1 aliphatic rings. The van der Waals surface area contributed by atoms with Crippen molar-refractivity contribution in [2.45, 2.75) is 45.2 Å². The first-order chi connectivity index (χ1) is 5.33. The summed E-state index contributed by atoms with van der Waals surface area (Å²) in [4.78, 5) is 0. The summed E-state index contributed by atoms with van der Waals surface area (Å²) in [5, 5.41) is 15.2. The Morgan fingerprint density at radius 1 is 0.909 bits per heavy atom. The van der Waals surface area contributed by atoms with Gasteiger partial charge in [-0.3, -0.25) is 0 Å². The highest BCUT2D eigenvalue weighted by Gasteiger charge is 2.30. The summed E-state index contributed by atoms with van der Waals surface area (Å²) in [6.07, 6.45) is 4.10. The lowest BCUT2D eigenvalue weighted by atomic mass is 10.0. The molecule has 0 unspecified atom stereocenters. The fourth-order valence-corrected chi connectivity index (χ4v) is 1.35. The maximum atomic E-state index is 4.04. The second-order valence-corrected chi connectivity index (χ2v) is 2.86. The van der Waals surface area contributed by atoms with Gasteiger partial charge < -0.3 is 0 Å². The molecule has 0 spiro atoms. The normalized spacial score (nSPS) is 19.5. The predicted octanol–water partition coefficient (Wildman–Crippen LogP) is 3.12. The van der Waals surface area contributed by atoms with Gasteiger partial charge in [-0.25, -0.2) is 0 Å². The first-order valence-electron chi connectivity index (χ1n) is 4.17. The van der Waals surface area contributed by atoms with Crippen LogP contribution in [0.4, 0.5) is 0 Å². The third-order valence-corrected chi connectivity index (χ3v) is 1.80. The molecule has 0 bridgehead atoms. The monoisotopic (exact) mass is 154 g/mol. The van der Waals surface area contributed by atoms with Crippen molar-refractivity contribution in [3.8, 4) is 0 Å². The van der Waals surface area contributed by atoms with Gasteiger partial charge in [-0.05, 0) is 23.3 Å². The van der Waals surface area contributed by atoms with E-state index in [0.717, 1.165) is 25.7 Å². The van der Waals surface area contributed by atoms with E-state index in [1.165, 1.54) is 0 Å². The van der Waals surface area contributed by atoms with E-state index >= 15 is 0 Å². The number of hydrogen-bond donors (Lipinski definition) is 0. The minimum Gasteiger partial charge on any atom is -0.135 e. The minimum atomic E-state index is -0.288. The van der Waals surface area contributed by atoms with Crippen LogP contribution in [0.3, 0.4) is 0 Å². The number of rotatable bonds is 4. The second-order valence-electron chi connectivity index (χ2n) is 2.86. The molecule has 0 radical (unpaired) electrons. The molecule has 0 saturated carbocycles. The Hall–Kier alpha value is -0.800. The van der Waals surface area contributed by atoms with Gasteiger partial charge in [0.2, 0.25) is 0 Å². The average molecular weight is 154 g/mol. The van der Waals surface area contributed by atoms with E-state index in [1.807, 2.05) is 0 Å². The Kier molecular flexibility index (Phi) is 2.68. The average Bonchev–Trinajstić information content (AvgIpc) is 2.39. The Bertz CT molecular complexity index is 153. The van der Waals surface area contributed by atoms with Gasteiger partial charge >= 0.3 is 0 Å². The van der Waals surface area contributed by atoms with Gasteiger partial charge in [0, 0.05) is 0 Å². The molecule has 62 valence electrons. The summed E-state index contributed by atoms with van der Waals surface area (Å²) in [6.45, 7) is 4.25. The highest BCUT2D eigenvalue weighted by Crippen LogP contribution is 2.30. The van der Waals surface area contributed by atoms with Gasteiger partial charge in [-0.2, -0.15) is 0 Å². The van der Waals surface area contributed by atoms with Crippen molar-refractivity contribution >= 4 is 0 Å². The van der Waals surface area contributed by atoms with Crippen molar-refractivity contribution < 1.29 is 0 Å². The van der Waals surface area contributed by atoms with Crippen LogP contribution in [0.2, 0.25) is 0 Å². The third kappa shape index (κ3) is 1.82. The largest absolute Gasteiger partial charge is 0.195 e. The summed E-state index contributed by atoms with van der Waals surface area (Å²) in [5.74, 6) is 0. The highest BCUT2D eigenvalue weighted by atomic mass is 15.6. The van der Waals surface area contributed by atoms with E-state index in [1.54, 1.807) is 0 Å². The summed E-state index contributed by atoms with van der Waals surface area (Å²) >= 11 is 0. The van der Waals surface area contributed by atoms with E-state index in [9.17, 15) is 0 Å². The second kappa shape index (κ2) is 3.55. The van der Waals surface area contributed by atoms with Crippen LogP contribution < -0.4 is 0 Å². The first kappa shape index (κ1) is 8.30. The molecule has 11 heavy (non-hydrogen) atoms. The smallest absolute Gasteiger partial charge is 0.135 e. The fraction of sp³-hybridized carbons (Fsp3) is 1.00. The van der Waals surface area contributed by atoms with Gasteiger partial charge in [0.05, 0.1) is 0 Å². The van der Waals surface area contributed by atoms with E-state index in [-0.39, 0.29) is 5.66 Å². The Morgan fingerprint density at radius 2 is 1.36 bits per heavy atom. The predicted molar refractivity (Wildman–Crippen MR) is 42.3 cm³/mol. The molecule has 1 heterocycles. The molecule has 0 amide bonds. The maximum Gasteiger partial charge on any atom is 0.195 e. The van der Waals surface area contributed by atoms with Gasteiger partial charge in [0.15, 0.2) is 5.66 Å². The molecule has 0 atom stereocenters. The first-order valence-corrected chi connectivity index (χ1v) is 4.17. The van der Waals surface area contributed by atoms with Crippen molar-refractivity contribution in [3.63, 3.8) is 0 Å². The molecule has 0 aromatic rings. The zero-order chi connectivity index (χ0) is 8.16. The SMILES string of the molecule is CCCC1(CCC)N=NN=N1. The van der Waals surface area contributed by atoms with Gasteiger partial charge in [0.1, 0.15) is 0 Å². The van der Waals surface area contributed by atoms with Gasteiger partial charge in [0.25, 0.3) is 0 Å². The van der Waals surface area contributed by atoms with E-state index in [2.05, 4.69) is 34.5 Å². The third-order valence-electron chi connectivity index (χ3n) is 1.80. The van der Waals surface area contributed by atoms with Gasteiger partial charge in [-0.1, -0.05) is 26.7 Å². The van der Waals surface area contributed by atoms with Gasteiger partial charge in [-0.15, -0.1) is 10.2 Å². The molecular formula is C7H14N4. The molecule has 1 rings (SSSR count). The van der Waals surface area contributed by atoms with Crippen molar-refractivity contribution in [2.24, 2.45) is 20.7 Å². The van der Waals surface area contributed by atoms with Crippen LogP contribution in [0.5, 0.6) is 0 Å². The maximum absolute atomic E-state index is 4.04. The Labute approximate surface area is 66.8 Å². The van der Waals surface area contributed by atoms with Crippen LogP contribution in [0, 0.1) is 0 Å². The van der Waals surface area contributed by atoms with Crippen LogP contribution in [0.25, 0.3) is 0 Å². The lowest BCUT2D eigenvalue weighted by molar-refractivity contribution is 0.371. The van der Waals surface area contributed by atoms with E-state index in [0.29, 0.717) is 0 Å². The van der Waals surface area contributed by atoms with Crippen LogP contribution in [0.15, 0.2) is 20.7 Å². The van der Waals surface area contributed by atoms with E-state index < -0.39 is 0 Å². The molecule has 1 aliphatic heterocycles. The summed E-state index contributed by atoms with van der Waals surface area (Å²) in [6, 6.07) is 0. The number of hydrogen-bond acceptors (Lipinski definition) is 4. The molecule has 4 heteroatoms. The van der Waals surface area contributed by atoms with Crippen molar-refractivity contribution in [2.75, 3.05) is 0 Å². The van der Waals surface area contributed by atoms with Crippen LogP contribution >= 0.6 is 0 Å². The minimum absolute atomic E-state index is 0.288. The zero-order valence-corrected chi connectivity index (χ0v) is 7.12. The Morgan fingerprint density at radius 3 is 1.73 bits per heavy atom. The topological polar surface area (TPSA) is 49.4 Å². The molecule has 0 aromatic carbocycles. The van der Waals surface area contributed by atoms with Crippen molar-refractivity contribution in [1.82, 2.24) is 0 Å². The molecule has 0 aromatic heterocycles. The molecule has 0 aliphatic carbocycles. The molecular weight excluding hydrogens is 140 g/mol. The van der Waals surface area contributed by atoms with Crippen LogP contribution in [-0.2, 0) is 0 Å². The van der Waals surface area contributed by atoms with Crippen LogP contribution in [-0.4, -0.2) is 5.66 Å². The molecule has 4 nitrogen and oxygen atoms in total. The zero-order valence-electron chi connectivity index (χ0n) is 7.12. The van der Waals surface area contributed by atoms with Crippen molar-refractivity contribution in [1.29, 1.82) is 0 Å². The lowest BCUT2D eigenvalue weighted by Gasteiger charge is -2.16. The Balaban J connectivity index is 2.56. The quantitative estimate of drug-likeness (QED) is 0.597. The molecule has 0 N–H and O–H groups in total. The summed E-state index contributed by atoms with van der Waals surface area (Å²) in [7, 11) is 0. The highest BCUT2D eigenvalue weighted by molar-refractivity contribution is 4.83.